The lowest BCUT2D eigenvalue weighted by molar-refractivity contribution is -0.134. The zero-order valence-corrected chi connectivity index (χ0v) is 20.2. The first-order valence-corrected chi connectivity index (χ1v) is 12.9. The molecule has 9 heteroatoms. The molecule has 0 spiro atoms. The number of piperidine rings is 1. The van der Waals surface area contributed by atoms with Gasteiger partial charge in [0.15, 0.2) is 0 Å². The second-order valence-electron chi connectivity index (χ2n) is 8.36. The number of nitrogens with one attached hydrogen (secondary N) is 4. The first kappa shape index (κ1) is 25.6. The van der Waals surface area contributed by atoms with E-state index < -0.39 is 15.6 Å². The second kappa shape index (κ2) is 11.9. The van der Waals surface area contributed by atoms with Gasteiger partial charge in [0.25, 0.3) is 0 Å². The fraction of sp³-hybridized carbons (Fsp3) is 0.360. The lowest BCUT2D eigenvalue weighted by Crippen LogP contribution is -2.63. The number of carbonyl (C=O) groups excluding carboxylic acids is 2. The van der Waals surface area contributed by atoms with E-state index in [1.807, 2.05) is 43.3 Å². The normalized spacial score (nSPS) is 15.7. The van der Waals surface area contributed by atoms with Crippen molar-refractivity contribution in [3.8, 4) is 0 Å². The van der Waals surface area contributed by atoms with Gasteiger partial charge in [-0.2, -0.15) is 0 Å². The van der Waals surface area contributed by atoms with E-state index in [0.717, 1.165) is 11.1 Å². The van der Waals surface area contributed by atoms with E-state index in [2.05, 4.69) is 20.7 Å². The molecule has 2 amide bonds. The molecule has 1 aliphatic heterocycles. The largest absolute Gasteiger partial charge is 0.353 e. The third-order valence-corrected chi connectivity index (χ3v) is 7.19. The molecule has 0 aromatic heterocycles. The topological polar surface area (TPSA) is 116 Å². The first-order chi connectivity index (χ1) is 16.3. The molecule has 0 aliphatic carbocycles. The molecule has 2 aromatic rings. The van der Waals surface area contributed by atoms with E-state index in [0.29, 0.717) is 25.9 Å². The molecule has 3 rings (SSSR count). The fourth-order valence-electron chi connectivity index (χ4n) is 3.78. The van der Waals surface area contributed by atoms with E-state index in [1.54, 1.807) is 30.3 Å². The molecule has 4 N–H and O–H groups in total. The summed E-state index contributed by atoms with van der Waals surface area (Å²) in [6.45, 7) is 3.25. The van der Waals surface area contributed by atoms with Crippen LogP contribution >= 0.6 is 0 Å². The van der Waals surface area contributed by atoms with E-state index in [9.17, 15) is 18.0 Å². The summed E-state index contributed by atoms with van der Waals surface area (Å²) in [6, 6.07) is 16.2. The van der Waals surface area contributed by atoms with Crippen LogP contribution < -0.4 is 20.7 Å². The van der Waals surface area contributed by atoms with E-state index in [4.69, 9.17) is 0 Å². The zero-order chi connectivity index (χ0) is 24.4. The predicted molar refractivity (Wildman–Crippen MR) is 132 cm³/mol. The van der Waals surface area contributed by atoms with Crippen LogP contribution in [0.15, 0.2) is 65.6 Å². The number of sulfonamides is 1. The molecule has 8 nitrogen and oxygen atoms in total. The van der Waals surface area contributed by atoms with Gasteiger partial charge in [0.05, 0.1) is 4.90 Å². The average Bonchev–Trinajstić information content (AvgIpc) is 2.83. The minimum absolute atomic E-state index is 0.0457. The monoisotopic (exact) mass is 484 g/mol. The Morgan fingerprint density at radius 3 is 2.35 bits per heavy atom. The van der Waals surface area contributed by atoms with Crippen LogP contribution in [0, 0.1) is 6.92 Å². The summed E-state index contributed by atoms with van der Waals surface area (Å²) in [6.07, 6.45) is 4.73. The number of rotatable bonds is 10. The van der Waals surface area contributed by atoms with Gasteiger partial charge >= 0.3 is 0 Å². The molecule has 0 saturated carbocycles. The maximum Gasteiger partial charge on any atom is 0.245 e. The molecule has 2 aromatic carbocycles. The summed E-state index contributed by atoms with van der Waals surface area (Å²) >= 11 is 0. The molecule has 34 heavy (non-hydrogen) atoms. The van der Waals surface area contributed by atoms with Crippen molar-refractivity contribution in [1.29, 1.82) is 0 Å². The third kappa shape index (κ3) is 7.24. The van der Waals surface area contributed by atoms with Crippen LogP contribution in [-0.2, 0) is 19.6 Å². The van der Waals surface area contributed by atoms with Gasteiger partial charge in [-0.3, -0.25) is 9.59 Å². The molecule has 0 radical (unpaired) electrons. The van der Waals surface area contributed by atoms with Crippen molar-refractivity contribution < 1.29 is 18.0 Å². The Morgan fingerprint density at radius 2 is 1.68 bits per heavy atom. The summed E-state index contributed by atoms with van der Waals surface area (Å²) < 4.78 is 27.3. The number of hydrogen-bond donors (Lipinski definition) is 4. The highest BCUT2D eigenvalue weighted by Crippen LogP contribution is 2.19. The van der Waals surface area contributed by atoms with Crippen LogP contribution in [0.1, 0.15) is 30.4 Å². The molecule has 0 atom stereocenters. The molecule has 182 valence electrons. The van der Waals surface area contributed by atoms with Crippen LogP contribution in [0.4, 0.5) is 0 Å². The van der Waals surface area contributed by atoms with Crippen molar-refractivity contribution in [3.63, 3.8) is 0 Å². The Bertz CT molecular complexity index is 1090. The highest BCUT2D eigenvalue weighted by atomic mass is 32.2. The molecule has 1 heterocycles. The SMILES string of the molecule is Cc1ccc(S(=O)(=O)NCCNC(=O)C2(NC(=O)C/C=C\c3ccccc3)CCNCC2)cc1. The maximum atomic E-state index is 13.0. The minimum atomic E-state index is -3.66. The van der Waals surface area contributed by atoms with Crippen molar-refractivity contribution in [2.24, 2.45) is 0 Å². The fourth-order valence-corrected chi connectivity index (χ4v) is 4.81. The van der Waals surface area contributed by atoms with Gasteiger partial charge in [0.1, 0.15) is 5.54 Å². The Hall–Kier alpha value is -3.01. The highest BCUT2D eigenvalue weighted by molar-refractivity contribution is 7.89. The van der Waals surface area contributed by atoms with Gasteiger partial charge in [-0.1, -0.05) is 60.2 Å². The summed E-state index contributed by atoms with van der Waals surface area (Å²) in [7, 11) is -3.66. The average molecular weight is 485 g/mol. The Balaban J connectivity index is 1.52. The van der Waals surface area contributed by atoms with Crippen molar-refractivity contribution in [2.75, 3.05) is 26.2 Å². The molecule has 0 unspecified atom stereocenters. The molecule has 0 bridgehead atoms. The van der Waals surface area contributed by atoms with Crippen LogP contribution in [-0.4, -0.2) is 52.0 Å². The smallest absolute Gasteiger partial charge is 0.245 e. The molecular formula is C25H32N4O4S. The highest BCUT2D eigenvalue weighted by Gasteiger charge is 2.40. The quantitative estimate of drug-likeness (QED) is 0.383. The zero-order valence-electron chi connectivity index (χ0n) is 19.3. The van der Waals surface area contributed by atoms with Crippen LogP contribution in [0.2, 0.25) is 0 Å². The summed E-state index contributed by atoms with van der Waals surface area (Å²) in [5, 5.41) is 8.92. The molecular weight excluding hydrogens is 452 g/mol. The van der Waals surface area contributed by atoms with Crippen molar-refractivity contribution in [2.45, 2.75) is 36.6 Å². The van der Waals surface area contributed by atoms with Crippen molar-refractivity contribution in [3.05, 3.63) is 71.8 Å². The summed E-state index contributed by atoms with van der Waals surface area (Å²) in [5.74, 6) is -0.534. The summed E-state index contributed by atoms with van der Waals surface area (Å²) in [5.41, 5.74) is 0.951. The van der Waals surface area contributed by atoms with Gasteiger partial charge < -0.3 is 16.0 Å². The number of hydrogen-bond acceptors (Lipinski definition) is 5. The van der Waals surface area contributed by atoms with Gasteiger partial charge in [-0.05, 0) is 50.6 Å². The van der Waals surface area contributed by atoms with Crippen molar-refractivity contribution >= 4 is 27.9 Å². The second-order valence-corrected chi connectivity index (χ2v) is 10.1. The predicted octanol–water partition coefficient (Wildman–Crippen LogP) is 1.73. The number of amides is 2. The summed E-state index contributed by atoms with van der Waals surface area (Å²) in [4.78, 5) is 25.8. The molecule has 1 fully saturated rings. The van der Waals surface area contributed by atoms with Gasteiger partial charge in [0, 0.05) is 19.5 Å². The standard InChI is InChI=1S/C25H32N4O4S/c1-20-10-12-22(13-11-20)34(32,33)28-19-18-27-24(31)25(14-16-26-17-15-25)29-23(30)9-5-8-21-6-3-2-4-7-21/h2-8,10-13,26,28H,9,14-19H2,1H3,(H,27,31)(H,29,30)/b8-5-. The van der Waals surface area contributed by atoms with E-state index in [1.165, 1.54) is 0 Å². The lowest BCUT2D eigenvalue weighted by Gasteiger charge is -2.37. The lowest BCUT2D eigenvalue weighted by atomic mass is 9.87. The first-order valence-electron chi connectivity index (χ1n) is 11.4. The third-order valence-electron chi connectivity index (χ3n) is 5.72. The Morgan fingerprint density at radius 1 is 1.00 bits per heavy atom. The van der Waals surface area contributed by atoms with Crippen LogP contribution in [0.5, 0.6) is 0 Å². The van der Waals surface area contributed by atoms with Gasteiger partial charge in [-0.25, -0.2) is 13.1 Å². The maximum absolute atomic E-state index is 13.0. The number of carbonyl (C=O) groups is 2. The van der Waals surface area contributed by atoms with Gasteiger partial charge in [0.2, 0.25) is 21.8 Å². The number of aryl methyl sites for hydroxylation is 1. The molecule has 1 saturated heterocycles. The van der Waals surface area contributed by atoms with E-state index >= 15 is 0 Å². The van der Waals surface area contributed by atoms with Crippen LogP contribution in [0.25, 0.3) is 6.08 Å². The van der Waals surface area contributed by atoms with Crippen LogP contribution in [0.3, 0.4) is 0 Å². The van der Waals surface area contributed by atoms with E-state index in [-0.39, 0.29) is 36.2 Å². The number of benzene rings is 2. The molecule has 1 aliphatic rings. The Kier molecular flexibility index (Phi) is 8.98. The minimum Gasteiger partial charge on any atom is -0.353 e. The Labute approximate surface area is 201 Å². The van der Waals surface area contributed by atoms with Gasteiger partial charge in [-0.15, -0.1) is 0 Å². The van der Waals surface area contributed by atoms with Crippen molar-refractivity contribution in [1.82, 2.24) is 20.7 Å².